The van der Waals surface area contributed by atoms with Crippen molar-refractivity contribution in [1.29, 1.82) is 0 Å². The van der Waals surface area contributed by atoms with E-state index in [1.54, 1.807) is 0 Å². The zero-order valence-corrected chi connectivity index (χ0v) is 13.5. The van der Waals surface area contributed by atoms with E-state index in [4.69, 9.17) is 9.72 Å². The van der Waals surface area contributed by atoms with E-state index in [9.17, 15) is 0 Å². The number of nitrogens with zero attached hydrogens (tertiary/aromatic N) is 2. The minimum Gasteiger partial charge on any atom is -0.476 e. The molecule has 1 saturated heterocycles. The van der Waals surface area contributed by atoms with Crippen LogP contribution in [0.1, 0.15) is 38.3 Å². The summed E-state index contributed by atoms with van der Waals surface area (Å²) in [6.07, 6.45) is 3.33. The molecule has 1 fully saturated rings. The number of likely N-dealkylation sites (tertiary alicyclic amines) is 1. The van der Waals surface area contributed by atoms with Crippen molar-refractivity contribution in [2.24, 2.45) is 0 Å². The van der Waals surface area contributed by atoms with E-state index in [0.29, 0.717) is 6.61 Å². The molecule has 3 rings (SSSR count). The number of nitrogens with one attached hydrogen (secondary N) is 1. The largest absolute Gasteiger partial charge is 0.476 e. The minimum atomic E-state index is 0.0248. The second kappa shape index (κ2) is 5.34. The summed E-state index contributed by atoms with van der Waals surface area (Å²) in [5.41, 5.74) is 3.35. The van der Waals surface area contributed by atoms with Crippen molar-refractivity contribution in [2.45, 2.75) is 39.5 Å². The summed E-state index contributed by atoms with van der Waals surface area (Å²) in [6, 6.07) is 2.23. The topological polar surface area (TPSA) is 41.1 Å². The van der Waals surface area contributed by atoms with Gasteiger partial charge in [0.25, 0.3) is 0 Å². The quantitative estimate of drug-likeness (QED) is 0.938. The summed E-state index contributed by atoms with van der Waals surface area (Å²) in [6.45, 7) is 12.8. The van der Waals surface area contributed by atoms with Gasteiger partial charge < -0.3 is 9.72 Å². The number of hydrogen-bond acceptors (Lipinski definition) is 3. The van der Waals surface area contributed by atoms with E-state index < -0.39 is 0 Å². The molecule has 1 aliphatic heterocycles. The van der Waals surface area contributed by atoms with Crippen LogP contribution in [0.3, 0.4) is 0 Å². The number of hydrogen-bond donors (Lipinski definition) is 1. The molecule has 114 valence electrons. The molecule has 4 nitrogen and oxygen atoms in total. The standard InChI is InChI=1S/C17H25N3O/c1-12-11-18-15-13(12)10-14(17(2,3)4)16(19-15)21-9-8-20-6-5-7-20/h10-11H,5-9H2,1-4H3,(H,18,19). The number of aromatic nitrogens is 2. The maximum Gasteiger partial charge on any atom is 0.219 e. The number of rotatable bonds is 4. The molecule has 0 unspecified atom stereocenters. The lowest BCUT2D eigenvalue weighted by Crippen LogP contribution is -2.39. The van der Waals surface area contributed by atoms with E-state index in [-0.39, 0.29) is 5.41 Å². The van der Waals surface area contributed by atoms with Crippen molar-refractivity contribution in [2.75, 3.05) is 26.2 Å². The van der Waals surface area contributed by atoms with Gasteiger partial charge in [0.2, 0.25) is 5.88 Å². The molecule has 1 aliphatic rings. The first-order chi connectivity index (χ1) is 9.95. The molecule has 2 aromatic rings. The lowest BCUT2D eigenvalue weighted by atomic mass is 9.87. The Bertz CT molecular complexity index is 635. The van der Waals surface area contributed by atoms with Gasteiger partial charge >= 0.3 is 0 Å². The lowest BCUT2D eigenvalue weighted by Gasteiger charge is -2.30. The Morgan fingerprint density at radius 3 is 2.71 bits per heavy atom. The van der Waals surface area contributed by atoms with Crippen LogP contribution in [-0.2, 0) is 5.41 Å². The number of aryl methyl sites for hydroxylation is 1. The number of H-pyrrole nitrogens is 1. The zero-order valence-electron chi connectivity index (χ0n) is 13.5. The summed E-state index contributed by atoms with van der Waals surface area (Å²) in [5, 5.41) is 1.19. The van der Waals surface area contributed by atoms with Crippen LogP contribution in [0.4, 0.5) is 0 Å². The highest BCUT2D eigenvalue weighted by Gasteiger charge is 2.22. The van der Waals surface area contributed by atoms with Crippen molar-refractivity contribution >= 4 is 11.0 Å². The third-order valence-corrected chi connectivity index (χ3v) is 4.24. The molecule has 1 N–H and O–H groups in total. The molecule has 0 aliphatic carbocycles. The molecule has 0 aromatic carbocycles. The van der Waals surface area contributed by atoms with Gasteiger partial charge in [0.05, 0.1) is 0 Å². The smallest absolute Gasteiger partial charge is 0.219 e. The molecule has 0 spiro atoms. The SMILES string of the molecule is Cc1c[nH]c2nc(OCCN3CCC3)c(C(C)(C)C)cc12. The highest BCUT2D eigenvalue weighted by atomic mass is 16.5. The highest BCUT2D eigenvalue weighted by Crippen LogP contribution is 2.33. The average molecular weight is 287 g/mol. The van der Waals surface area contributed by atoms with Gasteiger partial charge in [-0.15, -0.1) is 0 Å². The van der Waals surface area contributed by atoms with Crippen LogP contribution < -0.4 is 4.74 Å². The van der Waals surface area contributed by atoms with Crippen LogP contribution in [0, 0.1) is 6.92 Å². The first-order valence-electron chi connectivity index (χ1n) is 7.79. The van der Waals surface area contributed by atoms with Gasteiger partial charge in [0.15, 0.2) is 0 Å². The van der Waals surface area contributed by atoms with Crippen molar-refractivity contribution < 1.29 is 4.74 Å². The molecule has 4 heteroatoms. The van der Waals surface area contributed by atoms with Gasteiger partial charge in [0.1, 0.15) is 12.3 Å². The minimum absolute atomic E-state index is 0.0248. The summed E-state index contributed by atoms with van der Waals surface area (Å²) >= 11 is 0. The van der Waals surface area contributed by atoms with Crippen LogP contribution in [0.25, 0.3) is 11.0 Å². The Morgan fingerprint density at radius 2 is 2.10 bits per heavy atom. The molecule has 0 bridgehead atoms. The summed E-state index contributed by atoms with van der Waals surface area (Å²) in [5.74, 6) is 0.775. The number of aromatic amines is 1. The van der Waals surface area contributed by atoms with Crippen LogP contribution in [0.15, 0.2) is 12.3 Å². The van der Waals surface area contributed by atoms with Gasteiger partial charge in [-0.2, -0.15) is 4.98 Å². The summed E-state index contributed by atoms with van der Waals surface area (Å²) in [4.78, 5) is 10.3. The maximum atomic E-state index is 6.01. The van der Waals surface area contributed by atoms with Crippen LogP contribution in [0.5, 0.6) is 5.88 Å². The molecule has 0 atom stereocenters. The van der Waals surface area contributed by atoms with Crippen molar-refractivity contribution in [1.82, 2.24) is 14.9 Å². The van der Waals surface area contributed by atoms with E-state index >= 15 is 0 Å². The molecule has 0 radical (unpaired) electrons. The molecule has 0 saturated carbocycles. The number of ether oxygens (including phenoxy) is 1. The third-order valence-electron chi connectivity index (χ3n) is 4.24. The average Bonchev–Trinajstić information content (AvgIpc) is 2.71. The van der Waals surface area contributed by atoms with E-state index in [0.717, 1.165) is 18.1 Å². The summed E-state index contributed by atoms with van der Waals surface area (Å²) < 4.78 is 6.01. The molecular weight excluding hydrogens is 262 g/mol. The van der Waals surface area contributed by atoms with Gasteiger partial charge in [-0.05, 0) is 43.5 Å². The lowest BCUT2D eigenvalue weighted by molar-refractivity contribution is 0.144. The fourth-order valence-corrected chi connectivity index (χ4v) is 2.69. The Hall–Kier alpha value is -1.55. The second-order valence-corrected chi connectivity index (χ2v) is 7.00. The summed E-state index contributed by atoms with van der Waals surface area (Å²) in [7, 11) is 0. The fraction of sp³-hybridized carbons (Fsp3) is 0.588. The second-order valence-electron chi connectivity index (χ2n) is 7.00. The zero-order chi connectivity index (χ0) is 15.0. The first kappa shape index (κ1) is 14.4. The third kappa shape index (κ3) is 2.91. The van der Waals surface area contributed by atoms with Crippen LogP contribution >= 0.6 is 0 Å². The van der Waals surface area contributed by atoms with Crippen molar-refractivity contribution in [3.05, 3.63) is 23.4 Å². The van der Waals surface area contributed by atoms with Crippen LogP contribution in [-0.4, -0.2) is 41.1 Å². The number of pyridine rings is 1. The van der Waals surface area contributed by atoms with Crippen molar-refractivity contribution in [3.8, 4) is 5.88 Å². The Balaban J connectivity index is 1.86. The Kier molecular flexibility index (Phi) is 3.66. The molecule has 21 heavy (non-hydrogen) atoms. The monoisotopic (exact) mass is 287 g/mol. The van der Waals surface area contributed by atoms with Gasteiger partial charge in [-0.25, -0.2) is 0 Å². The molecule has 2 aromatic heterocycles. The maximum absolute atomic E-state index is 6.01. The molecular formula is C17H25N3O. The Labute approximate surface area is 126 Å². The predicted molar refractivity (Wildman–Crippen MR) is 86.1 cm³/mol. The fourth-order valence-electron chi connectivity index (χ4n) is 2.69. The van der Waals surface area contributed by atoms with Crippen LogP contribution in [0.2, 0.25) is 0 Å². The Morgan fingerprint density at radius 1 is 1.33 bits per heavy atom. The van der Waals surface area contributed by atoms with E-state index in [1.807, 2.05) is 6.20 Å². The van der Waals surface area contributed by atoms with E-state index in [1.165, 1.54) is 36.0 Å². The predicted octanol–water partition coefficient (Wildman–Crippen LogP) is 3.25. The molecule has 0 amide bonds. The van der Waals surface area contributed by atoms with Gasteiger partial charge in [-0.3, -0.25) is 4.90 Å². The van der Waals surface area contributed by atoms with E-state index in [2.05, 4.69) is 43.6 Å². The van der Waals surface area contributed by atoms with Crippen molar-refractivity contribution in [3.63, 3.8) is 0 Å². The van der Waals surface area contributed by atoms with Gasteiger partial charge in [-0.1, -0.05) is 20.8 Å². The first-order valence-corrected chi connectivity index (χ1v) is 7.79. The highest BCUT2D eigenvalue weighted by molar-refractivity contribution is 5.81. The molecule has 3 heterocycles. The van der Waals surface area contributed by atoms with Gasteiger partial charge in [0, 0.05) is 23.7 Å². The normalized spacial score (nSPS) is 16.2. The number of fused-ring (bicyclic) bond motifs is 1.